The molecule has 12 nitrogen and oxygen atoms in total. The van der Waals surface area contributed by atoms with E-state index in [1.165, 1.54) is 38.5 Å². The normalized spacial score (nSPS) is 19.2. The Morgan fingerprint density at radius 1 is 0.466 bits per heavy atom. The summed E-state index contributed by atoms with van der Waals surface area (Å²) in [7, 11) is 0. The molecule has 0 radical (unpaired) electrons. The minimum atomic E-state index is -1.92. The van der Waals surface area contributed by atoms with Crippen LogP contribution in [0.15, 0.2) is 109 Å². The molecular formula is C61H96O12. The van der Waals surface area contributed by atoms with Gasteiger partial charge in [0.25, 0.3) is 0 Å². The number of aliphatic hydroxyl groups is 2. The van der Waals surface area contributed by atoms with E-state index in [0.717, 1.165) is 96.3 Å². The van der Waals surface area contributed by atoms with Crippen molar-refractivity contribution in [3.05, 3.63) is 109 Å². The van der Waals surface area contributed by atoms with Gasteiger partial charge < -0.3 is 39.0 Å². The van der Waals surface area contributed by atoms with E-state index >= 15 is 0 Å². The van der Waals surface area contributed by atoms with Crippen LogP contribution < -0.4 is 0 Å². The predicted octanol–water partition coefficient (Wildman–Crippen LogP) is 13.9. The van der Waals surface area contributed by atoms with Gasteiger partial charge in [0, 0.05) is 19.3 Å². The maximum atomic E-state index is 13.1. The SMILES string of the molecule is CC/C=C\C/C=C\C/C=C\C/C=C\C/C=C\CCCCCC(=O)OCC(COC1OC(C(=O)O)C(O)C(O)C1OC(=O)CCCCCCCCCCCCC)OC(=O)CC/C=C\C/C=C\C/C=C\C/C=C\CC. The number of aliphatic carboxylic acids is 1. The van der Waals surface area contributed by atoms with Crippen molar-refractivity contribution in [1.82, 2.24) is 0 Å². The zero-order chi connectivity index (χ0) is 53.3. The number of hydrogen-bond acceptors (Lipinski definition) is 11. The molecular weight excluding hydrogens is 925 g/mol. The summed E-state index contributed by atoms with van der Waals surface area (Å²) >= 11 is 0. The number of aliphatic hydroxyl groups excluding tert-OH is 2. The maximum absolute atomic E-state index is 13.1. The third kappa shape index (κ3) is 38.6. The van der Waals surface area contributed by atoms with Crippen LogP contribution >= 0.6 is 0 Å². The van der Waals surface area contributed by atoms with Crippen LogP contribution in [0.3, 0.4) is 0 Å². The van der Waals surface area contributed by atoms with Crippen molar-refractivity contribution in [3.63, 3.8) is 0 Å². The number of hydrogen-bond donors (Lipinski definition) is 3. The maximum Gasteiger partial charge on any atom is 0.335 e. The number of esters is 3. The summed E-state index contributed by atoms with van der Waals surface area (Å²) < 4.78 is 28.2. The average Bonchev–Trinajstić information content (AvgIpc) is 3.37. The monoisotopic (exact) mass is 1020 g/mol. The molecule has 1 aliphatic rings. The van der Waals surface area contributed by atoms with Crippen LogP contribution in [0.2, 0.25) is 0 Å². The van der Waals surface area contributed by atoms with Gasteiger partial charge in [0.1, 0.15) is 18.8 Å². The summed E-state index contributed by atoms with van der Waals surface area (Å²) in [4.78, 5) is 50.9. The Kier molecular flexibility index (Phi) is 44.0. The molecule has 0 aliphatic carbocycles. The second kappa shape index (κ2) is 48.3. The number of carbonyl (C=O) groups excluding carboxylic acids is 3. The topological polar surface area (TPSA) is 175 Å². The quantitative estimate of drug-likeness (QED) is 0.0228. The summed E-state index contributed by atoms with van der Waals surface area (Å²) in [6, 6.07) is 0. The molecule has 1 fully saturated rings. The van der Waals surface area contributed by atoms with E-state index in [-0.39, 0.29) is 25.9 Å². The van der Waals surface area contributed by atoms with Gasteiger partial charge in [0.2, 0.25) is 0 Å². The number of allylic oxidation sites excluding steroid dienone is 18. The van der Waals surface area contributed by atoms with E-state index in [1.807, 2.05) is 12.2 Å². The lowest BCUT2D eigenvalue weighted by atomic mass is 9.98. The van der Waals surface area contributed by atoms with E-state index in [4.69, 9.17) is 23.7 Å². The fourth-order valence-electron chi connectivity index (χ4n) is 7.64. The summed E-state index contributed by atoms with van der Waals surface area (Å²) in [6.45, 7) is 5.63. The molecule has 1 aliphatic heterocycles. The van der Waals surface area contributed by atoms with Crippen molar-refractivity contribution in [1.29, 1.82) is 0 Å². The second-order valence-electron chi connectivity index (χ2n) is 18.5. The molecule has 0 bridgehead atoms. The summed E-state index contributed by atoms with van der Waals surface area (Å²) in [5.74, 6) is -3.29. The van der Waals surface area contributed by atoms with Gasteiger partial charge in [-0.25, -0.2) is 4.79 Å². The van der Waals surface area contributed by atoms with E-state index in [2.05, 4.69) is 118 Å². The number of unbranched alkanes of at least 4 members (excludes halogenated alkanes) is 13. The fraction of sp³-hybridized carbons (Fsp3) is 0.639. The number of ether oxygens (including phenoxy) is 5. The largest absolute Gasteiger partial charge is 0.479 e. The zero-order valence-corrected chi connectivity index (χ0v) is 45.1. The Hall–Kier alpha value is -4.62. The molecule has 1 rings (SSSR count). The van der Waals surface area contributed by atoms with Gasteiger partial charge >= 0.3 is 23.9 Å². The van der Waals surface area contributed by atoms with Crippen LogP contribution in [0.1, 0.15) is 201 Å². The molecule has 6 unspecified atom stereocenters. The average molecular weight is 1020 g/mol. The first kappa shape index (κ1) is 66.4. The predicted molar refractivity (Wildman–Crippen MR) is 294 cm³/mol. The molecule has 73 heavy (non-hydrogen) atoms. The lowest BCUT2D eigenvalue weighted by molar-refractivity contribution is -0.301. The van der Waals surface area contributed by atoms with Gasteiger partial charge in [-0.2, -0.15) is 0 Å². The molecule has 3 N–H and O–H groups in total. The van der Waals surface area contributed by atoms with Crippen molar-refractivity contribution < 1.29 is 58.2 Å². The Bertz CT molecular complexity index is 1690. The molecule has 0 saturated carbocycles. The number of carboxylic acids is 1. The van der Waals surface area contributed by atoms with Crippen LogP contribution in [-0.4, -0.2) is 89.2 Å². The van der Waals surface area contributed by atoms with Crippen LogP contribution in [-0.2, 0) is 42.9 Å². The van der Waals surface area contributed by atoms with Gasteiger partial charge in [0.05, 0.1) is 6.61 Å². The highest BCUT2D eigenvalue weighted by Crippen LogP contribution is 2.26. The Labute approximate surface area is 440 Å². The van der Waals surface area contributed by atoms with E-state index in [0.29, 0.717) is 25.7 Å². The molecule has 0 aromatic carbocycles. The summed E-state index contributed by atoms with van der Waals surface area (Å²) in [5, 5.41) is 31.4. The molecule has 0 aromatic heterocycles. The lowest BCUT2D eigenvalue weighted by Gasteiger charge is -2.40. The van der Waals surface area contributed by atoms with Crippen molar-refractivity contribution in [2.45, 2.75) is 237 Å². The third-order valence-electron chi connectivity index (χ3n) is 11.9. The lowest BCUT2D eigenvalue weighted by Crippen LogP contribution is -2.61. The minimum absolute atomic E-state index is 0.0295. The molecule has 0 amide bonds. The Morgan fingerprint density at radius 2 is 0.890 bits per heavy atom. The van der Waals surface area contributed by atoms with Crippen molar-refractivity contribution >= 4 is 23.9 Å². The minimum Gasteiger partial charge on any atom is -0.479 e. The smallest absolute Gasteiger partial charge is 0.335 e. The van der Waals surface area contributed by atoms with Gasteiger partial charge in [-0.1, -0.05) is 201 Å². The van der Waals surface area contributed by atoms with Crippen LogP contribution in [0, 0.1) is 0 Å². The van der Waals surface area contributed by atoms with Gasteiger partial charge in [0.15, 0.2) is 24.6 Å². The first-order valence-electron chi connectivity index (χ1n) is 27.9. The van der Waals surface area contributed by atoms with Crippen molar-refractivity contribution in [3.8, 4) is 0 Å². The van der Waals surface area contributed by atoms with Crippen LogP contribution in [0.4, 0.5) is 0 Å². The molecule has 6 atom stereocenters. The molecule has 0 aromatic rings. The summed E-state index contributed by atoms with van der Waals surface area (Å²) in [6.07, 6.45) is 52.3. The van der Waals surface area contributed by atoms with E-state index in [9.17, 15) is 34.5 Å². The number of carbonyl (C=O) groups is 4. The fourth-order valence-corrected chi connectivity index (χ4v) is 7.64. The van der Waals surface area contributed by atoms with Crippen molar-refractivity contribution in [2.75, 3.05) is 13.2 Å². The molecule has 0 spiro atoms. The van der Waals surface area contributed by atoms with Gasteiger partial charge in [-0.3, -0.25) is 14.4 Å². The van der Waals surface area contributed by atoms with Crippen LogP contribution in [0.5, 0.6) is 0 Å². The highest BCUT2D eigenvalue weighted by molar-refractivity contribution is 5.74. The highest BCUT2D eigenvalue weighted by Gasteiger charge is 2.50. The third-order valence-corrected chi connectivity index (χ3v) is 11.9. The standard InChI is InChI=1S/C61H96O12/c1-4-7-10-13-16-19-22-24-25-26-27-28-29-31-33-35-38-41-44-47-53(62)69-50-52(71-54(63)48-45-42-39-37-34-30-23-20-17-14-11-8-5-2)51-70-61-59(57(66)56(65)58(73-61)60(67)68)72-55(64)49-46-43-40-36-32-21-18-15-12-9-6-3/h7-8,10-11,16-17,19-20,24-25,27-28,30-31,33-34,39,42,52,56-59,61,65-66H,4-6,9,12-15,18,21-23,26,29,32,35-38,40-41,43-51H2,1-3H3,(H,67,68)/b10-7-,11-8-,19-16-,20-17-,25-24-,28-27-,33-31-,34-30-,42-39-. The molecule has 1 heterocycles. The Morgan fingerprint density at radius 3 is 1.37 bits per heavy atom. The summed E-state index contributed by atoms with van der Waals surface area (Å²) in [5.41, 5.74) is 0. The molecule has 412 valence electrons. The van der Waals surface area contributed by atoms with Gasteiger partial charge in [-0.15, -0.1) is 0 Å². The molecule has 1 saturated heterocycles. The number of rotatable bonds is 45. The van der Waals surface area contributed by atoms with E-state index < -0.39 is 67.3 Å². The van der Waals surface area contributed by atoms with Crippen molar-refractivity contribution in [2.24, 2.45) is 0 Å². The van der Waals surface area contributed by atoms with E-state index in [1.54, 1.807) is 0 Å². The number of carboxylic acid groups (broad SMARTS) is 1. The molecule has 12 heteroatoms. The highest BCUT2D eigenvalue weighted by atomic mass is 16.7. The van der Waals surface area contributed by atoms with Crippen LogP contribution in [0.25, 0.3) is 0 Å². The van der Waals surface area contributed by atoms with Gasteiger partial charge in [-0.05, 0) is 89.9 Å². The first-order chi connectivity index (χ1) is 35.6. The zero-order valence-electron chi connectivity index (χ0n) is 45.1. The second-order valence-corrected chi connectivity index (χ2v) is 18.5. The first-order valence-corrected chi connectivity index (χ1v) is 27.9. The Balaban J connectivity index is 2.76.